The van der Waals surface area contributed by atoms with Gasteiger partial charge in [0.25, 0.3) is 5.91 Å². The number of hydrogen-bond donors (Lipinski definition) is 2. The minimum absolute atomic E-state index is 0.0862. The Kier molecular flexibility index (Phi) is 12.5. The number of ether oxygens (including phenoxy) is 4. The van der Waals surface area contributed by atoms with Gasteiger partial charge in [0.05, 0.1) is 42.4 Å². The molecule has 0 saturated heterocycles. The highest BCUT2D eigenvalue weighted by atomic mass is 16.7. The highest BCUT2D eigenvalue weighted by molar-refractivity contribution is 5.94. The quantitative estimate of drug-likeness (QED) is 0.310. The van der Waals surface area contributed by atoms with E-state index in [1.165, 1.54) is 7.11 Å². The van der Waals surface area contributed by atoms with Crippen LogP contribution in [0.15, 0.2) is 24.3 Å². The number of nitrogens with one attached hydrogen (secondary N) is 2. The lowest BCUT2D eigenvalue weighted by Gasteiger charge is -2.27. The molecule has 0 aliphatic heterocycles. The van der Waals surface area contributed by atoms with Gasteiger partial charge in [-0.25, -0.2) is 0 Å². The number of hydrogen-bond acceptors (Lipinski definition) is 7. The van der Waals surface area contributed by atoms with E-state index in [1.807, 2.05) is 26.8 Å². The topological polar surface area (TPSA) is 119 Å². The van der Waals surface area contributed by atoms with E-state index < -0.39 is 17.6 Å². The summed E-state index contributed by atoms with van der Waals surface area (Å²) >= 11 is 0. The Hall–Kier alpha value is -2.51. The molecule has 9 nitrogen and oxygen atoms in total. The molecule has 0 unspecified atom stereocenters. The van der Waals surface area contributed by atoms with Crippen molar-refractivity contribution < 1.29 is 28.5 Å². The molecular weight excluding hydrogens is 414 g/mol. The Balaban J connectivity index is 2.86. The molecule has 1 rings (SSSR count). The van der Waals surface area contributed by atoms with Crippen LogP contribution in [0.5, 0.6) is 0 Å². The van der Waals surface area contributed by atoms with E-state index in [2.05, 4.69) is 10.6 Å². The largest absolute Gasteiger partial charge is 0.384 e. The molecule has 0 heterocycles. The standard InChI is InChI=1S/C23H35N3O6/c1-6-31-16-32-14-20(26-22(28)18-9-7-17(12-24)8-10-18)11-19(13-29-4)21(27)25-15-23(2,3)30-5/h7-10,19-20H,6,11,13-16H2,1-5H3,(H,25,27)(H,26,28)/t19-,20+/m1/s1. The molecule has 178 valence electrons. The summed E-state index contributed by atoms with van der Waals surface area (Å²) in [7, 11) is 3.11. The maximum Gasteiger partial charge on any atom is 0.251 e. The van der Waals surface area contributed by atoms with E-state index in [0.29, 0.717) is 30.7 Å². The zero-order valence-corrected chi connectivity index (χ0v) is 19.6. The van der Waals surface area contributed by atoms with E-state index in [9.17, 15) is 9.59 Å². The van der Waals surface area contributed by atoms with E-state index in [-0.39, 0.29) is 31.8 Å². The first-order chi connectivity index (χ1) is 15.3. The van der Waals surface area contributed by atoms with Gasteiger partial charge in [-0.3, -0.25) is 9.59 Å². The number of nitrogens with zero attached hydrogens (tertiary/aromatic N) is 1. The van der Waals surface area contributed by atoms with Crippen molar-refractivity contribution in [1.82, 2.24) is 10.6 Å². The molecule has 2 atom stereocenters. The number of methoxy groups -OCH3 is 2. The van der Waals surface area contributed by atoms with Gasteiger partial charge >= 0.3 is 0 Å². The molecule has 0 aliphatic rings. The summed E-state index contributed by atoms with van der Waals surface area (Å²) in [4.78, 5) is 25.5. The number of nitriles is 1. The summed E-state index contributed by atoms with van der Waals surface area (Å²) < 4.78 is 21.3. The van der Waals surface area contributed by atoms with E-state index >= 15 is 0 Å². The van der Waals surface area contributed by atoms with Crippen LogP contribution in [0.3, 0.4) is 0 Å². The monoisotopic (exact) mass is 449 g/mol. The average Bonchev–Trinajstić information content (AvgIpc) is 2.79. The molecule has 1 aromatic carbocycles. The second kappa shape index (κ2) is 14.5. The van der Waals surface area contributed by atoms with Gasteiger partial charge in [-0.05, 0) is 51.5 Å². The lowest BCUT2D eigenvalue weighted by Crippen LogP contribution is -2.46. The van der Waals surface area contributed by atoms with Crippen molar-refractivity contribution in [2.24, 2.45) is 5.92 Å². The minimum atomic E-state index is -0.505. The summed E-state index contributed by atoms with van der Waals surface area (Å²) in [5.74, 6) is -1.02. The molecule has 32 heavy (non-hydrogen) atoms. The highest BCUT2D eigenvalue weighted by Gasteiger charge is 2.27. The summed E-state index contributed by atoms with van der Waals surface area (Å²) in [5.41, 5.74) is 0.374. The molecule has 0 spiro atoms. The molecule has 0 saturated carbocycles. The Morgan fingerprint density at radius 2 is 1.81 bits per heavy atom. The highest BCUT2D eigenvalue weighted by Crippen LogP contribution is 2.12. The van der Waals surface area contributed by atoms with Crippen LogP contribution in [-0.2, 0) is 23.7 Å². The molecule has 2 N–H and O–H groups in total. The van der Waals surface area contributed by atoms with Gasteiger partial charge in [0.2, 0.25) is 5.91 Å². The Bertz CT molecular complexity index is 745. The molecule has 9 heteroatoms. The summed E-state index contributed by atoms with van der Waals surface area (Å²) in [6.07, 6.45) is 0.307. The lowest BCUT2D eigenvalue weighted by molar-refractivity contribution is -0.128. The lowest BCUT2D eigenvalue weighted by atomic mass is 9.98. The number of benzene rings is 1. The van der Waals surface area contributed by atoms with Crippen molar-refractivity contribution in [1.29, 1.82) is 5.26 Å². The second-order valence-corrected chi connectivity index (χ2v) is 7.91. The van der Waals surface area contributed by atoms with Crippen LogP contribution in [0.1, 0.15) is 43.1 Å². The predicted molar refractivity (Wildman–Crippen MR) is 119 cm³/mol. The van der Waals surface area contributed by atoms with Gasteiger partial charge in [-0.2, -0.15) is 5.26 Å². The molecule has 0 aromatic heterocycles. The van der Waals surface area contributed by atoms with Crippen molar-refractivity contribution in [2.45, 2.75) is 38.8 Å². The van der Waals surface area contributed by atoms with Crippen molar-refractivity contribution >= 4 is 11.8 Å². The maximum absolute atomic E-state index is 12.8. The van der Waals surface area contributed by atoms with E-state index in [1.54, 1.807) is 31.4 Å². The fraction of sp³-hybridized carbons (Fsp3) is 0.609. The number of amides is 2. The fourth-order valence-corrected chi connectivity index (χ4v) is 2.78. The van der Waals surface area contributed by atoms with Crippen molar-refractivity contribution in [3.8, 4) is 6.07 Å². The summed E-state index contributed by atoms with van der Waals surface area (Å²) in [6.45, 7) is 6.89. The van der Waals surface area contributed by atoms with Gasteiger partial charge in [0, 0.05) is 32.9 Å². The van der Waals surface area contributed by atoms with Gasteiger partial charge in [0.15, 0.2) is 0 Å². The molecule has 1 aromatic rings. The molecule has 0 radical (unpaired) electrons. The summed E-state index contributed by atoms with van der Waals surface area (Å²) in [5, 5.41) is 14.7. The van der Waals surface area contributed by atoms with Crippen LogP contribution in [0.25, 0.3) is 0 Å². The smallest absolute Gasteiger partial charge is 0.251 e. The zero-order valence-electron chi connectivity index (χ0n) is 19.6. The first-order valence-electron chi connectivity index (χ1n) is 10.5. The van der Waals surface area contributed by atoms with Gasteiger partial charge < -0.3 is 29.6 Å². The molecule has 2 amide bonds. The molecular formula is C23H35N3O6. The normalized spacial score (nSPS) is 13.1. The van der Waals surface area contributed by atoms with Crippen molar-refractivity contribution in [2.75, 3.05) is 47.4 Å². The van der Waals surface area contributed by atoms with Crippen LogP contribution in [-0.4, -0.2) is 70.8 Å². The predicted octanol–water partition coefficient (Wildman–Crippen LogP) is 1.86. The van der Waals surface area contributed by atoms with E-state index in [4.69, 9.17) is 24.2 Å². The first kappa shape index (κ1) is 27.5. The number of rotatable bonds is 15. The van der Waals surface area contributed by atoms with Crippen LogP contribution in [0, 0.1) is 17.2 Å². The number of carbonyl (C=O) groups is 2. The van der Waals surface area contributed by atoms with Crippen molar-refractivity contribution in [3.63, 3.8) is 0 Å². The second-order valence-electron chi connectivity index (χ2n) is 7.91. The average molecular weight is 450 g/mol. The molecule has 0 aliphatic carbocycles. The third kappa shape index (κ3) is 10.2. The van der Waals surface area contributed by atoms with Crippen molar-refractivity contribution in [3.05, 3.63) is 35.4 Å². The molecule has 0 bridgehead atoms. The third-order valence-corrected chi connectivity index (χ3v) is 4.85. The van der Waals surface area contributed by atoms with Crippen LogP contribution in [0.4, 0.5) is 0 Å². The Morgan fingerprint density at radius 3 is 2.38 bits per heavy atom. The third-order valence-electron chi connectivity index (χ3n) is 4.85. The van der Waals surface area contributed by atoms with Gasteiger partial charge in [0.1, 0.15) is 6.79 Å². The Morgan fingerprint density at radius 1 is 1.12 bits per heavy atom. The first-order valence-corrected chi connectivity index (χ1v) is 10.5. The van der Waals surface area contributed by atoms with Crippen LogP contribution in [0.2, 0.25) is 0 Å². The van der Waals surface area contributed by atoms with E-state index in [0.717, 1.165) is 0 Å². The minimum Gasteiger partial charge on any atom is -0.384 e. The van der Waals surface area contributed by atoms with Crippen LogP contribution < -0.4 is 10.6 Å². The zero-order chi connectivity index (χ0) is 24.0. The van der Waals surface area contributed by atoms with Gasteiger partial charge in [-0.15, -0.1) is 0 Å². The number of carbonyl (C=O) groups excluding carboxylic acids is 2. The van der Waals surface area contributed by atoms with Gasteiger partial charge in [-0.1, -0.05) is 0 Å². The SMILES string of the molecule is CCOCOC[C@H](C[C@H](COC)C(=O)NCC(C)(C)OC)NC(=O)c1ccc(C#N)cc1. The Labute approximate surface area is 190 Å². The van der Waals surface area contributed by atoms with Crippen LogP contribution >= 0.6 is 0 Å². The fourth-order valence-electron chi connectivity index (χ4n) is 2.78. The molecule has 0 fully saturated rings. The summed E-state index contributed by atoms with van der Waals surface area (Å²) in [6, 6.07) is 7.88. The maximum atomic E-state index is 12.8.